The zero-order chi connectivity index (χ0) is 15.2. The summed E-state index contributed by atoms with van der Waals surface area (Å²) in [6.45, 7) is 8.29. The third-order valence-corrected chi connectivity index (χ3v) is 4.18. The topological polar surface area (TPSA) is 32.7 Å². The van der Waals surface area contributed by atoms with Gasteiger partial charge in [0.05, 0.1) is 18.8 Å². The normalized spacial score (nSPS) is 18.2. The maximum atomic E-state index is 10.2. The van der Waals surface area contributed by atoms with E-state index in [1.807, 2.05) is 19.9 Å². The molecule has 21 heavy (non-hydrogen) atoms. The summed E-state index contributed by atoms with van der Waals surface area (Å²) in [4.78, 5) is 2.40. The Kier molecular flexibility index (Phi) is 6.22. The molecule has 0 saturated heterocycles. The lowest BCUT2D eigenvalue weighted by Crippen LogP contribution is -2.41. The molecule has 1 fully saturated rings. The van der Waals surface area contributed by atoms with Crippen molar-refractivity contribution in [3.8, 4) is 0 Å². The first-order valence-corrected chi connectivity index (χ1v) is 8.14. The van der Waals surface area contributed by atoms with Gasteiger partial charge in [-0.15, -0.1) is 0 Å². The average Bonchev–Trinajstić information content (AvgIpc) is 3.29. The Labute approximate surface area is 128 Å². The first-order valence-electron chi connectivity index (χ1n) is 8.14. The third kappa shape index (κ3) is 5.77. The Bertz CT molecular complexity index is 403. The molecule has 1 aromatic rings. The zero-order valence-electron chi connectivity index (χ0n) is 13.5. The molecule has 1 N–H and O–H groups in total. The maximum Gasteiger partial charge on any atom is 0.0900 e. The van der Waals surface area contributed by atoms with Gasteiger partial charge in [-0.2, -0.15) is 0 Å². The van der Waals surface area contributed by atoms with Gasteiger partial charge in [0.1, 0.15) is 0 Å². The Morgan fingerprint density at radius 2 is 1.86 bits per heavy atom. The number of benzene rings is 1. The summed E-state index contributed by atoms with van der Waals surface area (Å²) in [5, 5.41) is 10.2. The lowest BCUT2D eigenvalue weighted by atomic mass is 10.1. The van der Waals surface area contributed by atoms with Crippen LogP contribution >= 0.6 is 0 Å². The molecular weight excluding hydrogens is 262 g/mol. The molecule has 2 rings (SSSR count). The largest absolute Gasteiger partial charge is 0.389 e. The first-order chi connectivity index (χ1) is 10.1. The van der Waals surface area contributed by atoms with Gasteiger partial charge in [-0.1, -0.05) is 30.3 Å². The summed E-state index contributed by atoms with van der Waals surface area (Å²) in [6.07, 6.45) is 2.40. The number of nitrogens with zero attached hydrogens (tertiary/aromatic N) is 1. The SMILES string of the molecule is CC(C)OCC(O)CN(Cc1ccccc1)C(C)C1CC1. The second kappa shape index (κ2) is 7.92. The molecule has 1 saturated carbocycles. The molecule has 118 valence electrons. The van der Waals surface area contributed by atoms with Crippen molar-refractivity contribution in [3.05, 3.63) is 35.9 Å². The van der Waals surface area contributed by atoms with Crippen LogP contribution in [-0.4, -0.2) is 41.4 Å². The number of hydrogen-bond donors (Lipinski definition) is 1. The summed E-state index contributed by atoms with van der Waals surface area (Å²) < 4.78 is 5.53. The summed E-state index contributed by atoms with van der Waals surface area (Å²) >= 11 is 0. The summed E-state index contributed by atoms with van der Waals surface area (Å²) in [6, 6.07) is 11.0. The van der Waals surface area contributed by atoms with Crippen molar-refractivity contribution in [2.75, 3.05) is 13.2 Å². The fourth-order valence-electron chi connectivity index (χ4n) is 2.70. The van der Waals surface area contributed by atoms with E-state index in [4.69, 9.17) is 4.74 Å². The lowest BCUT2D eigenvalue weighted by molar-refractivity contribution is -0.0161. The van der Waals surface area contributed by atoms with Crippen LogP contribution in [0.2, 0.25) is 0 Å². The predicted octanol–water partition coefficient (Wildman–Crippen LogP) is 3.07. The van der Waals surface area contributed by atoms with Gasteiger partial charge >= 0.3 is 0 Å². The van der Waals surface area contributed by atoms with Gasteiger partial charge < -0.3 is 9.84 Å². The van der Waals surface area contributed by atoms with Gasteiger partial charge in [0.2, 0.25) is 0 Å². The van der Waals surface area contributed by atoms with Crippen molar-refractivity contribution < 1.29 is 9.84 Å². The molecule has 0 amide bonds. The zero-order valence-corrected chi connectivity index (χ0v) is 13.5. The number of aliphatic hydroxyl groups is 1. The molecule has 0 heterocycles. The van der Waals surface area contributed by atoms with E-state index in [1.165, 1.54) is 18.4 Å². The minimum absolute atomic E-state index is 0.170. The number of hydrogen-bond acceptors (Lipinski definition) is 3. The van der Waals surface area contributed by atoms with Gasteiger partial charge in [-0.05, 0) is 45.1 Å². The van der Waals surface area contributed by atoms with Crippen LogP contribution < -0.4 is 0 Å². The van der Waals surface area contributed by atoms with E-state index in [-0.39, 0.29) is 6.10 Å². The first kappa shape index (κ1) is 16.5. The van der Waals surface area contributed by atoms with E-state index in [9.17, 15) is 5.11 Å². The maximum absolute atomic E-state index is 10.2. The van der Waals surface area contributed by atoms with Crippen LogP contribution in [-0.2, 0) is 11.3 Å². The second-order valence-electron chi connectivity index (χ2n) is 6.53. The lowest BCUT2D eigenvalue weighted by Gasteiger charge is -2.31. The summed E-state index contributed by atoms with van der Waals surface area (Å²) in [7, 11) is 0. The quantitative estimate of drug-likeness (QED) is 0.759. The highest BCUT2D eigenvalue weighted by molar-refractivity contribution is 5.14. The van der Waals surface area contributed by atoms with Crippen LogP contribution in [0.15, 0.2) is 30.3 Å². The van der Waals surface area contributed by atoms with E-state index >= 15 is 0 Å². The number of aliphatic hydroxyl groups excluding tert-OH is 1. The van der Waals surface area contributed by atoms with E-state index in [0.29, 0.717) is 19.2 Å². The Morgan fingerprint density at radius 3 is 2.43 bits per heavy atom. The second-order valence-corrected chi connectivity index (χ2v) is 6.53. The van der Waals surface area contributed by atoms with E-state index < -0.39 is 6.10 Å². The van der Waals surface area contributed by atoms with Crippen LogP contribution in [0, 0.1) is 5.92 Å². The molecular formula is C18H29NO2. The van der Waals surface area contributed by atoms with Crippen molar-refractivity contribution in [3.63, 3.8) is 0 Å². The van der Waals surface area contributed by atoms with Crippen LogP contribution in [0.4, 0.5) is 0 Å². The van der Waals surface area contributed by atoms with E-state index in [2.05, 4.69) is 36.1 Å². The summed E-state index contributed by atoms with van der Waals surface area (Å²) in [5.74, 6) is 0.798. The van der Waals surface area contributed by atoms with Gasteiger partial charge in [0.15, 0.2) is 0 Å². The fourth-order valence-corrected chi connectivity index (χ4v) is 2.70. The highest BCUT2D eigenvalue weighted by Crippen LogP contribution is 2.35. The molecule has 1 aromatic carbocycles. The molecule has 2 unspecified atom stereocenters. The van der Waals surface area contributed by atoms with Gasteiger partial charge in [0, 0.05) is 19.1 Å². The monoisotopic (exact) mass is 291 g/mol. The van der Waals surface area contributed by atoms with Crippen molar-refractivity contribution in [2.24, 2.45) is 5.92 Å². The van der Waals surface area contributed by atoms with Crippen molar-refractivity contribution >= 4 is 0 Å². The van der Waals surface area contributed by atoms with E-state index in [1.54, 1.807) is 0 Å². The third-order valence-electron chi connectivity index (χ3n) is 4.18. The van der Waals surface area contributed by atoms with Crippen LogP contribution in [0.1, 0.15) is 39.2 Å². The minimum Gasteiger partial charge on any atom is -0.389 e. The van der Waals surface area contributed by atoms with Crippen molar-refractivity contribution in [2.45, 2.75) is 58.4 Å². The molecule has 0 aromatic heterocycles. The molecule has 0 aliphatic heterocycles. The smallest absolute Gasteiger partial charge is 0.0900 e. The number of ether oxygens (including phenoxy) is 1. The van der Waals surface area contributed by atoms with Crippen LogP contribution in [0.25, 0.3) is 0 Å². The molecule has 1 aliphatic rings. The average molecular weight is 291 g/mol. The number of rotatable bonds is 9. The minimum atomic E-state index is -0.419. The molecule has 2 atom stereocenters. The molecule has 0 radical (unpaired) electrons. The predicted molar refractivity (Wildman–Crippen MR) is 86.1 cm³/mol. The Balaban J connectivity index is 1.92. The van der Waals surface area contributed by atoms with Gasteiger partial charge in [-0.25, -0.2) is 0 Å². The van der Waals surface area contributed by atoms with Crippen LogP contribution in [0.5, 0.6) is 0 Å². The Morgan fingerprint density at radius 1 is 1.19 bits per heavy atom. The molecule has 3 nitrogen and oxygen atoms in total. The van der Waals surface area contributed by atoms with Gasteiger partial charge in [-0.3, -0.25) is 4.90 Å². The highest BCUT2D eigenvalue weighted by atomic mass is 16.5. The van der Waals surface area contributed by atoms with Gasteiger partial charge in [0.25, 0.3) is 0 Å². The molecule has 0 spiro atoms. The molecule has 1 aliphatic carbocycles. The van der Waals surface area contributed by atoms with Crippen molar-refractivity contribution in [1.82, 2.24) is 4.90 Å². The highest BCUT2D eigenvalue weighted by Gasteiger charge is 2.32. The molecule has 0 bridgehead atoms. The molecule has 3 heteroatoms. The van der Waals surface area contributed by atoms with Crippen molar-refractivity contribution in [1.29, 1.82) is 0 Å². The van der Waals surface area contributed by atoms with E-state index in [0.717, 1.165) is 12.5 Å². The summed E-state index contributed by atoms with van der Waals surface area (Å²) in [5.41, 5.74) is 1.31. The Hall–Kier alpha value is -0.900. The standard InChI is InChI=1S/C18H29NO2/c1-14(2)21-13-18(20)12-19(15(3)17-9-10-17)11-16-7-5-4-6-8-16/h4-8,14-15,17-18,20H,9-13H2,1-3H3. The fraction of sp³-hybridized carbons (Fsp3) is 0.667. The van der Waals surface area contributed by atoms with Crippen LogP contribution in [0.3, 0.4) is 0 Å².